The molecule has 3 rings (SSSR count). The first-order valence-electron chi connectivity index (χ1n) is 8.15. The molecule has 1 aliphatic carbocycles. The third-order valence-corrected chi connectivity index (χ3v) is 4.95. The van der Waals surface area contributed by atoms with E-state index < -0.39 is 0 Å². The Balaban J connectivity index is 1.91. The van der Waals surface area contributed by atoms with Crippen molar-refractivity contribution < 1.29 is 9.13 Å². The number of benzene rings is 1. The first-order valence-corrected chi connectivity index (χ1v) is 8.15. The molecule has 0 amide bonds. The molecule has 2 atom stereocenters. The molecule has 21 heavy (non-hydrogen) atoms. The van der Waals surface area contributed by atoms with E-state index >= 15 is 0 Å². The van der Waals surface area contributed by atoms with Crippen molar-refractivity contribution >= 4 is 0 Å². The van der Waals surface area contributed by atoms with E-state index in [1.54, 1.807) is 12.1 Å². The minimum Gasteiger partial charge on any atom is -0.487 e. The van der Waals surface area contributed by atoms with Gasteiger partial charge in [0.2, 0.25) is 0 Å². The van der Waals surface area contributed by atoms with Gasteiger partial charge in [0.15, 0.2) is 0 Å². The van der Waals surface area contributed by atoms with E-state index in [9.17, 15) is 4.39 Å². The molecule has 1 aliphatic heterocycles. The van der Waals surface area contributed by atoms with Crippen LogP contribution >= 0.6 is 0 Å². The maximum Gasteiger partial charge on any atom is 0.125 e. The normalized spacial score (nSPS) is 30.2. The molecule has 2 unspecified atom stereocenters. The summed E-state index contributed by atoms with van der Waals surface area (Å²) in [5.74, 6) is 0.692. The molecule has 1 aromatic rings. The lowest BCUT2D eigenvalue weighted by molar-refractivity contribution is 0.0275. The van der Waals surface area contributed by atoms with E-state index in [-0.39, 0.29) is 17.5 Å². The van der Waals surface area contributed by atoms with Gasteiger partial charge in [-0.15, -0.1) is 0 Å². The van der Waals surface area contributed by atoms with Crippen LogP contribution in [0.1, 0.15) is 64.5 Å². The van der Waals surface area contributed by atoms with Gasteiger partial charge in [0.05, 0.1) is 0 Å². The summed E-state index contributed by atoms with van der Waals surface area (Å²) in [4.78, 5) is 0. The molecule has 1 N–H and O–H groups in total. The molecule has 0 aromatic heterocycles. The first-order chi connectivity index (χ1) is 9.93. The van der Waals surface area contributed by atoms with E-state index in [1.165, 1.54) is 12.5 Å². The fourth-order valence-corrected chi connectivity index (χ4v) is 4.02. The topological polar surface area (TPSA) is 21.3 Å². The largest absolute Gasteiger partial charge is 0.487 e. The molecule has 3 heteroatoms. The zero-order chi connectivity index (χ0) is 15.1. The van der Waals surface area contributed by atoms with Crippen molar-refractivity contribution in [2.24, 2.45) is 5.41 Å². The van der Waals surface area contributed by atoms with Crippen molar-refractivity contribution in [3.8, 4) is 5.75 Å². The van der Waals surface area contributed by atoms with E-state index in [0.717, 1.165) is 43.5 Å². The van der Waals surface area contributed by atoms with Gasteiger partial charge < -0.3 is 10.1 Å². The van der Waals surface area contributed by atoms with Gasteiger partial charge in [-0.1, -0.05) is 20.8 Å². The molecule has 0 saturated heterocycles. The second kappa shape index (κ2) is 5.28. The van der Waals surface area contributed by atoms with Crippen LogP contribution in [0.2, 0.25) is 0 Å². The van der Waals surface area contributed by atoms with Crippen LogP contribution in [-0.2, 0) is 0 Å². The minimum atomic E-state index is -0.177. The number of hydrogen-bond acceptors (Lipinski definition) is 2. The lowest BCUT2D eigenvalue weighted by Crippen LogP contribution is -2.43. The predicted octanol–water partition coefficient (Wildman–Crippen LogP) is 4.60. The summed E-state index contributed by atoms with van der Waals surface area (Å²) in [6, 6.07) is 5.15. The Morgan fingerprint density at radius 3 is 2.81 bits per heavy atom. The smallest absolute Gasteiger partial charge is 0.125 e. The van der Waals surface area contributed by atoms with Gasteiger partial charge in [-0.05, 0) is 55.8 Å². The summed E-state index contributed by atoms with van der Waals surface area (Å²) in [5, 5.41) is 3.59. The van der Waals surface area contributed by atoms with Gasteiger partial charge in [0, 0.05) is 18.0 Å². The molecular formula is C18H26FNO. The second-order valence-corrected chi connectivity index (χ2v) is 7.52. The van der Waals surface area contributed by atoms with Crippen LogP contribution in [-0.4, -0.2) is 12.1 Å². The van der Waals surface area contributed by atoms with Gasteiger partial charge in [0.1, 0.15) is 17.2 Å². The monoisotopic (exact) mass is 291 g/mol. The molecule has 1 heterocycles. The van der Waals surface area contributed by atoms with E-state index in [1.807, 2.05) is 0 Å². The van der Waals surface area contributed by atoms with Crippen LogP contribution in [0, 0.1) is 11.2 Å². The molecule has 1 spiro atoms. The molecule has 116 valence electrons. The lowest BCUT2D eigenvalue weighted by atomic mass is 9.82. The van der Waals surface area contributed by atoms with Crippen LogP contribution in [0.5, 0.6) is 5.75 Å². The fourth-order valence-electron chi connectivity index (χ4n) is 4.02. The summed E-state index contributed by atoms with van der Waals surface area (Å²) in [6.45, 7) is 7.76. The Labute approximate surface area is 127 Å². The van der Waals surface area contributed by atoms with E-state index in [0.29, 0.717) is 5.41 Å². The Kier molecular flexibility index (Phi) is 3.73. The van der Waals surface area contributed by atoms with Gasteiger partial charge in [-0.2, -0.15) is 0 Å². The van der Waals surface area contributed by atoms with Crippen molar-refractivity contribution in [1.82, 2.24) is 5.32 Å². The quantitative estimate of drug-likeness (QED) is 0.879. The number of hydrogen-bond donors (Lipinski definition) is 1. The molecule has 0 radical (unpaired) electrons. The number of ether oxygens (including phenoxy) is 1. The number of fused-ring (bicyclic) bond motifs is 1. The first kappa shape index (κ1) is 14.8. The van der Waals surface area contributed by atoms with Crippen molar-refractivity contribution in [3.05, 3.63) is 29.6 Å². The summed E-state index contributed by atoms with van der Waals surface area (Å²) in [5.41, 5.74) is 1.26. The third kappa shape index (κ3) is 2.94. The highest BCUT2D eigenvalue weighted by atomic mass is 19.1. The minimum absolute atomic E-state index is 0.0697. The Bertz CT molecular complexity index is 528. The van der Waals surface area contributed by atoms with Crippen molar-refractivity contribution in [1.29, 1.82) is 0 Å². The fraction of sp³-hybridized carbons (Fsp3) is 0.667. The molecule has 1 fully saturated rings. The lowest BCUT2D eigenvalue weighted by Gasteiger charge is -2.41. The van der Waals surface area contributed by atoms with Crippen LogP contribution < -0.4 is 10.1 Å². The summed E-state index contributed by atoms with van der Waals surface area (Å²) in [7, 11) is 0. The van der Waals surface area contributed by atoms with Gasteiger partial charge in [-0.3, -0.25) is 0 Å². The number of nitrogens with one attached hydrogen (secondary N) is 1. The predicted molar refractivity (Wildman–Crippen MR) is 83.0 cm³/mol. The van der Waals surface area contributed by atoms with Crippen LogP contribution in [0.4, 0.5) is 4.39 Å². The highest BCUT2D eigenvalue weighted by molar-refractivity contribution is 5.40. The SMILES string of the molecule is CCCNC1CC2(CCC(C)(C)C2)Oc2ccc(F)cc21. The van der Waals surface area contributed by atoms with Gasteiger partial charge in [0.25, 0.3) is 0 Å². The second-order valence-electron chi connectivity index (χ2n) is 7.52. The maximum absolute atomic E-state index is 13.6. The van der Waals surface area contributed by atoms with E-state index in [2.05, 4.69) is 26.1 Å². The Morgan fingerprint density at radius 1 is 1.33 bits per heavy atom. The standard InChI is InChI=1S/C18H26FNO/c1-4-9-20-15-11-18(8-7-17(2,3)12-18)21-16-6-5-13(19)10-14(15)16/h5-6,10,15,20H,4,7-9,11-12H2,1-3H3. The summed E-state index contributed by atoms with van der Waals surface area (Å²) < 4.78 is 20.0. The molecule has 0 bridgehead atoms. The Hall–Kier alpha value is -1.09. The zero-order valence-electron chi connectivity index (χ0n) is 13.3. The molecule has 1 saturated carbocycles. The highest BCUT2D eigenvalue weighted by Crippen LogP contribution is 2.52. The molecule has 2 nitrogen and oxygen atoms in total. The number of rotatable bonds is 3. The van der Waals surface area contributed by atoms with E-state index in [4.69, 9.17) is 4.74 Å². The number of halogens is 1. The molecule has 2 aliphatic rings. The summed E-state index contributed by atoms with van der Waals surface area (Å²) in [6.07, 6.45) is 5.42. The van der Waals surface area contributed by atoms with Crippen molar-refractivity contribution in [3.63, 3.8) is 0 Å². The van der Waals surface area contributed by atoms with Crippen molar-refractivity contribution in [2.45, 2.75) is 64.5 Å². The molecule has 1 aromatic carbocycles. The third-order valence-electron chi connectivity index (χ3n) is 4.95. The average molecular weight is 291 g/mol. The van der Waals surface area contributed by atoms with Crippen LogP contribution in [0.25, 0.3) is 0 Å². The van der Waals surface area contributed by atoms with Crippen molar-refractivity contribution in [2.75, 3.05) is 6.54 Å². The maximum atomic E-state index is 13.6. The van der Waals surface area contributed by atoms with Gasteiger partial charge >= 0.3 is 0 Å². The summed E-state index contributed by atoms with van der Waals surface area (Å²) >= 11 is 0. The molecular weight excluding hydrogens is 265 g/mol. The Morgan fingerprint density at radius 2 is 2.14 bits per heavy atom. The average Bonchev–Trinajstić information content (AvgIpc) is 2.72. The van der Waals surface area contributed by atoms with Crippen LogP contribution in [0.3, 0.4) is 0 Å². The van der Waals surface area contributed by atoms with Crippen LogP contribution in [0.15, 0.2) is 18.2 Å². The zero-order valence-corrected chi connectivity index (χ0v) is 13.3. The van der Waals surface area contributed by atoms with Gasteiger partial charge in [-0.25, -0.2) is 4.39 Å². The highest BCUT2D eigenvalue weighted by Gasteiger charge is 2.49.